The van der Waals surface area contributed by atoms with Gasteiger partial charge in [0.1, 0.15) is 5.75 Å². The lowest BCUT2D eigenvalue weighted by atomic mass is 9.83. The zero-order valence-electron chi connectivity index (χ0n) is 13.6. The van der Waals surface area contributed by atoms with Crippen molar-refractivity contribution < 1.29 is 15.0 Å². The van der Waals surface area contributed by atoms with Crippen LogP contribution in [0.5, 0.6) is 5.75 Å². The van der Waals surface area contributed by atoms with E-state index in [1.807, 2.05) is 32.9 Å². The van der Waals surface area contributed by atoms with E-state index in [0.717, 1.165) is 17.5 Å². The SMILES string of the molecule is CCc1cc(-c2cc(C(=O)O)nn2C)c(O)c(C(C)(C)C)c1. The summed E-state index contributed by atoms with van der Waals surface area (Å²) in [5.41, 5.74) is 2.91. The molecule has 0 bridgehead atoms. The van der Waals surface area contributed by atoms with Crippen molar-refractivity contribution in [2.75, 3.05) is 0 Å². The van der Waals surface area contributed by atoms with E-state index in [1.165, 1.54) is 10.7 Å². The fraction of sp³-hybridized carbons (Fsp3) is 0.412. The van der Waals surface area contributed by atoms with Gasteiger partial charge in [0.2, 0.25) is 0 Å². The number of aromatic nitrogens is 2. The van der Waals surface area contributed by atoms with Gasteiger partial charge in [-0.3, -0.25) is 4.68 Å². The van der Waals surface area contributed by atoms with Crippen molar-refractivity contribution in [2.45, 2.75) is 39.5 Å². The maximum Gasteiger partial charge on any atom is 0.356 e. The van der Waals surface area contributed by atoms with Gasteiger partial charge in [-0.25, -0.2) is 4.79 Å². The molecule has 0 fully saturated rings. The van der Waals surface area contributed by atoms with Crippen molar-refractivity contribution in [1.82, 2.24) is 9.78 Å². The number of aryl methyl sites for hydroxylation is 2. The molecule has 5 nitrogen and oxygen atoms in total. The highest BCUT2D eigenvalue weighted by atomic mass is 16.4. The highest BCUT2D eigenvalue weighted by molar-refractivity contribution is 5.87. The molecule has 5 heteroatoms. The third-order valence-electron chi connectivity index (χ3n) is 3.76. The molecule has 0 radical (unpaired) electrons. The molecular formula is C17H22N2O3. The Labute approximate surface area is 130 Å². The number of aromatic carboxylic acids is 1. The zero-order chi connectivity index (χ0) is 16.7. The molecule has 1 heterocycles. The molecule has 0 aliphatic carbocycles. The molecule has 1 aromatic carbocycles. The minimum atomic E-state index is -1.08. The standard InChI is InChI=1S/C17H22N2O3/c1-6-10-7-11(15(20)12(8-10)17(2,3)4)14-9-13(16(21)22)18-19(14)5/h7-9,20H,6H2,1-5H3,(H,21,22). The summed E-state index contributed by atoms with van der Waals surface area (Å²) in [6.45, 7) is 8.17. The minimum Gasteiger partial charge on any atom is -0.507 e. The molecule has 0 unspecified atom stereocenters. The van der Waals surface area contributed by atoms with Gasteiger partial charge in [0.15, 0.2) is 5.69 Å². The number of carboxylic acids is 1. The van der Waals surface area contributed by atoms with Crippen LogP contribution in [0.25, 0.3) is 11.3 Å². The second-order valence-corrected chi connectivity index (χ2v) is 6.49. The number of hydrogen-bond acceptors (Lipinski definition) is 3. The molecule has 118 valence electrons. The molecule has 2 rings (SSSR count). The highest BCUT2D eigenvalue weighted by Gasteiger charge is 2.23. The Morgan fingerprint density at radius 1 is 1.27 bits per heavy atom. The number of rotatable bonds is 3. The normalized spacial score (nSPS) is 11.7. The van der Waals surface area contributed by atoms with Crippen LogP contribution in [0, 0.1) is 0 Å². The van der Waals surface area contributed by atoms with Crippen LogP contribution >= 0.6 is 0 Å². The third-order valence-corrected chi connectivity index (χ3v) is 3.76. The second kappa shape index (κ2) is 5.48. The van der Waals surface area contributed by atoms with E-state index in [-0.39, 0.29) is 16.9 Å². The van der Waals surface area contributed by atoms with Crippen LogP contribution in [0.15, 0.2) is 18.2 Å². The number of carboxylic acid groups (broad SMARTS) is 1. The monoisotopic (exact) mass is 302 g/mol. The van der Waals surface area contributed by atoms with Gasteiger partial charge < -0.3 is 10.2 Å². The van der Waals surface area contributed by atoms with Crippen molar-refractivity contribution in [3.8, 4) is 17.0 Å². The highest BCUT2D eigenvalue weighted by Crippen LogP contribution is 2.39. The topological polar surface area (TPSA) is 75.3 Å². The Balaban J connectivity index is 2.72. The maximum atomic E-state index is 11.1. The van der Waals surface area contributed by atoms with E-state index < -0.39 is 5.97 Å². The maximum absolute atomic E-state index is 11.1. The minimum absolute atomic E-state index is 0.0314. The molecule has 22 heavy (non-hydrogen) atoms. The predicted molar refractivity (Wildman–Crippen MR) is 85.3 cm³/mol. The fourth-order valence-corrected chi connectivity index (χ4v) is 2.49. The molecule has 2 aromatic rings. The smallest absolute Gasteiger partial charge is 0.356 e. The average Bonchev–Trinajstić information content (AvgIpc) is 2.80. The van der Waals surface area contributed by atoms with Crippen molar-refractivity contribution >= 4 is 5.97 Å². The lowest BCUT2D eigenvalue weighted by Crippen LogP contribution is -2.12. The first-order chi connectivity index (χ1) is 10.1. The Bertz CT molecular complexity index is 724. The molecular weight excluding hydrogens is 280 g/mol. The van der Waals surface area contributed by atoms with Crippen molar-refractivity contribution in [3.63, 3.8) is 0 Å². The zero-order valence-corrected chi connectivity index (χ0v) is 13.6. The Kier molecular flexibility index (Phi) is 4.00. The number of phenols is 1. The summed E-state index contributed by atoms with van der Waals surface area (Å²) in [6, 6.07) is 5.39. The lowest BCUT2D eigenvalue weighted by Gasteiger charge is -2.23. The number of hydrogen-bond donors (Lipinski definition) is 2. The molecule has 0 aliphatic rings. The molecule has 1 aromatic heterocycles. The van der Waals surface area contributed by atoms with Crippen LogP contribution in [0.4, 0.5) is 0 Å². The molecule has 0 atom stereocenters. The summed E-state index contributed by atoms with van der Waals surface area (Å²) in [6.07, 6.45) is 0.833. The molecule has 0 saturated carbocycles. The van der Waals surface area contributed by atoms with Gasteiger partial charge in [0.25, 0.3) is 0 Å². The molecule has 2 N–H and O–H groups in total. The lowest BCUT2D eigenvalue weighted by molar-refractivity contribution is 0.0689. The van der Waals surface area contributed by atoms with E-state index in [1.54, 1.807) is 7.05 Å². The number of nitrogens with zero attached hydrogens (tertiary/aromatic N) is 2. The number of carbonyl (C=O) groups is 1. The largest absolute Gasteiger partial charge is 0.507 e. The number of aromatic hydroxyl groups is 1. The van der Waals surface area contributed by atoms with Gasteiger partial charge in [0, 0.05) is 18.2 Å². The Morgan fingerprint density at radius 2 is 1.91 bits per heavy atom. The van der Waals surface area contributed by atoms with E-state index in [2.05, 4.69) is 12.0 Å². The predicted octanol–water partition coefficient (Wildman–Crippen LogP) is 3.35. The fourth-order valence-electron chi connectivity index (χ4n) is 2.49. The summed E-state index contributed by atoms with van der Waals surface area (Å²) in [5, 5.41) is 23.7. The van der Waals surface area contributed by atoms with Crippen LogP contribution in [-0.2, 0) is 18.9 Å². The van der Waals surface area contributed by atoms with Gasteiger partial charge in [-0.05, 0) is 29.5 Å². The van der Waals surface area contributed by atoms with Crippen LogP contribution in [0.1, 0.15) is 49.3 Å². The van der Waals surface area contributed by atoms with Crippen molar-refractivity contribution in [1.29, 1.82) is 0 Å². The number of benzene rings is 1. The molecule has 0 amide bonds. The van der Waals surface area contributed by atoms with Crippen LogP contribution in [0.3, 0.4) is 0 Å². The molecule has 0 spiro atoms. The Morgan fingerprint density at radius 3 is 2.36 bits per heavy atom. The van der Waals surface area contributed by atoms with Crippen LogP contribution < -0.4 is 0 Å². The van der Waals surface area contributed by atoms with Crippen LogP contribution in [-0.4, -0.2) is 26.0 Å². The van der Waals surface area contributed by atoms with Gasteiger partial charge in [-0.2, -0.15) is 5.10 Å². The van der Waals surface area contributed by atoms with E-state index in [0.29, 0.717) is 11.3 Å². The van der Waals surface area contributed by atoms with Gasteiger partial charge in [0.05, 0.1) is 5.69 Å². The average molecular weight is 302 g/mol. The molecule has 0 aliphatic heterocycles. The summed E-state index contributed by atoms with van der Waals surface area (Å²) < 4.78 is 1.49. The van der Waals surface area contributed by atoms with E-state index >= 15 is 0 Å². The van der Waals surface area contributed by atoms with E-state index in [4.69, 9.17) is 5.11 Å². The Hall–Kier alpha value is -2.30. The quantitative estimate of drug-likeness (QED) is 0.911. The second-order valence-electron chi connectivity index (χ2n) is 6.49. The summed E-state index contributed by atoms with van der Waals surface area (Å²) in [4.78, 5) is 11.1. The summed E-state index contributed by atoms with van der Waals surface area (Å²) in [7, 11) is 1.68. The summed E-state index contributed by atoms with van der Waals surface area (Å²) in [5.74, 6) is -0.895. The first-order valence-electron chi connectivity index (χ1n) is 7.29. The van der Waals surface area contributed by atoms with Crippen molar-refractivity contribution in [3.05, 3.63) is 35.0 Å². The third kappa shape index (κ3) is 2.84. The van der Waals surface area contributed by atoms with Gasteiger partial charge >= 0.3 is 5.97 Å². The van der Waals surface area contributed by atoms with Crippen LogP contribution in [0.2, 0.25) is 0 Å². The first kappa shape index (κ1) is 16.1. The van der Waals surface area contributed by atoms with Crippen molar-refractivity contribution in [2.24, 2.45) is 7.05 Å². The van der Waals surface area contributed by atoms with Gasteiger partial charge in [-0.1, -0.05) is 33.8 Å². The van der Waals surface area contributed by atoms with E-state index in [9.17, 15) is 9.90 Å². The summed E-state index contributed by atoms with van der Waals surface area (Å²) >= 11 is 0. The number of phenolic OH excluding ortho intramolecular Hbond substituents is 1. The van der Waals surface area contributed by atoms with Gasteiger partial charge in [-0.15, -0.1) is 0 Å². The molecule has 0 saturated heterocycles. The first-order valence-corrected chi connectivity index (χ1v) is 7.29.